The van der Waals surface area contributed by atoms with E-state index in [4.69, 9.17) is 0 Å². The number of rotatable bonds is 3. The Labute approximate surface area is 149 Å². The highest BCUT2D eigenvalue weighted by molar-refractivity contribution is 6.20. The molecule has 130 valence electrons. The van der Waals surface area contributed by atoms with Gasteiger partial charge in [0.25, 0.3) is 5.91 Å². The van der Waals surface area contributed by atoms with Gasteiger partial charge in [-0.25, -0.2) is 4.98 Å². The number of aryl methyl sites for hydroxylation is 1. The van der Waals surface area contributed by atoms with Crippen molar-refractivity contribution in [2.24, 2.45) is 0 Å². The molecule has 0 aliphatic carbocycles. The number of hydrogen-bond donors (Lipinski definition) is 1. The number of carbonyl (C=O) groups excluding carboxylic acids is 3. The lowest BCUT2D eigenvalue weighted by Gasteiger charge is -2.15. The lowest BCUT2D eigenvalue weighted by atomic mass is 10.2. The van der Waals surface area contributed by atoms with Gasteiger partial charge in [0.1, 0.15) is 5.82 Å². The summed E-state index contributed by atoms with van der Waals surface area (Å²) in [6.07, 6.45) is 3.91. The van der Waals surface area contributed by atoms with Crippen LogP contribution in [0, 0.1) is 6.92 Å². The normalized spacial score (nSPS) is 14.3. The van der Waals surface area contributed by atoms with Crippen molar-refractivity contribution < 1.29 is 14.4 Å². The number of imide groups is 1. The highest BCUT2D eigenvalue weighted by Crippen LogP contribution is 2.25. The van der Waals surface area contributed by atoms with Gasteiger partial charge in [-0.2, -0.15) is 0 Å². The summed E-state index contributed by atoms with van der Waals surface area (Å²) in [5.41, 5.74) is 2.38. The van der Waals surface area contributed by atoms with Crippen LogP contribution in [0.4, 0.5) is 11.4 Å². The second-order valence-electron chi connectivity index (χ2n) is 6.15. The minimum Gasteiger partial charge on any atom is -0.322 e. The van der Waals surface area contributed by atoms with Gasteiger partial charge in [0.05, 0.1) is 23.0 Å². The average molecular weight is 348 g/mol. The molecule has 3 aromatic rings. The van der Waals surface area contributed by atoms with Gasteiger partial charge >= 0.3 is 0 Å². The van der Waals surface area contributed by atoms with Crippen molar-refractivity contribution in [3.63, 3.8) is 0 Å². The van der Waals surface area contributed by atoms with E-state index in [1.54, 1.807) is 42.7 Å². The molecule has 3 heterocycles. The summed E-state index contributed by atoms with van der Waals surface area (Å²) in [6, 6.07) is 10.3. The largest absolute Gasteiger partial charge is 0.322 e. The van der Waals surface area contributed by atoms with Crippen LogP contribution in [0.5, 0.6) is 0 Å². The molecule has 1 N–H and O–H groups in total. The first kappa shape index (κ1) is 16.0. The number of aromatic nitrogens is 2. The molecule has 0 atom stereocenters. The van der Waals surface area contributed by atoms with E-state index in [-0.39, 0.29) is 30.6 Å². The van der Waals surface area contributed by atoms with Gasteiger partial charge in [0.2, 0.25) is 11.8 Å². The minimum absolute atomic E-state index is 0.222. The lowest BCUT2D eigenvalue weighted by molar-refractivity contribution is -0.121. The molecule has 0 saturated carbocycles. The Balaban J connectivity index is 1.59. The fraction of sp³-hybridized carbons (Fsp3) is 0.158. The maximum atomic E-state index is 12.6. The maximum Gasteiger partial charge on any atom is 0.257 e. The molecular formula is C19H16N4O3. The first-order valence-electron chi connectivity index (χ1n) is 8.24. The Hall–Kier alpha value is -3.48. The molecule has 1 aliphatic rings. The number of carbonyl (C=O) groups is 3. The molecule has 0 radical (unpaired) electrons. The van der Waals surface area contributed by atoms with E-state index in [0.717, 1.165) is 16.2 Å². The second-order valence-corrected chi connectivity index (χ2v) is 6.15. The van der Waals surface area contributed by atoms with Crippen molar-refractivity contribution in [3.8, 4) is 0 Å². The summed E-state index contributed by atoms with van der Waals surface area (Å²) >= 11 is 0. The highest BCUT2D eigenvalue weighted by atomic mass is 16.2. The van der Waals surface area contributed by atoms with Crippen LogP contribution in [-0.4, -0.2) is 27.1 Å². The Bertz CT molecular complexity index is 1040. The quantitative estimate of drug-likeness (QED) is 0.737. The number of nitrogens with zero attached hydrogens (tertiary/aromatic N) is 3. The molecule has 4 rings (SSSR count). The zero-order chi connectivity index (χ0) is 18.3. The van der Waals surface area contributed by atoms with Crippen LogP contribution in [0.3, 0.4) is 0 Å². The second kappa shape index (κ2) is 6.11. The predicted molar refractivity (Wildman–Crippen MR) is 96.1 cm³/mol. The highest BCUT2D eigenvalue weighted by Gasteiger charge is 2.30. The maximum absolute atomic E-state index is 12.6. The Morgan fingerprint density at radius 1 is 1.12 bits per heavy atom. The van der Waals surface area contributed by atoms with E-state index >= 15 is 0 Å². The molecule has 1 aliphatic heterocycles. The topological polar surface area (TPSA) is 83.8 Å². The van der Waals surface area contributed by atoms with Gasteiger partial charge < -0.3 is 9.72 Å². The molecular weight excluding hydrogens is 332 g/mol. The molecule has 1 aromatic carbocycles. The molecule has 2 aromatic heterocycles. The summed E-state index contributed by atoms with van der Waals surface area (Å²) in [5, 5.41) is 2.81. The number of fused-ring (bicyclic) bond motifs is 1. The van der Waals surface area contributed by atoms with Gasteiger partial charge in [-0.15, -0.1) is 0 Å². The van der Waals surface area contributed by atoms with Gasteiger partial charge in [0.15, 0.2) is 0 Å². The first-order chi connectivity index (χ1) is 12.5. The van der Waals surface area contributed by atoms with Gasteiger partial charge in [-0.3, -0.25) is 19.3 Å². The summed E-state index contributed by atoms with van der Waals surface area (Å²) < 4.78 is 1.84. The smallest absolute Gasteiger partial charge is 0.257 e. The van der Waals surface area contributed by atoms with E-state index in [1.807, 2.05) is 17.4 Å². The van der Waals surface area contributed by atoms with Crippen molar-refractivity contribution in [3.05, 3.63) is 60.2 Å². The van der Waals surface area contributed by atoms with Gasteiger partial charge in [-0.05, 0) is 37.3 Å². The third-order valence-corrected chi connectivity index (χ3v) is 4.39. The molecule has 0 bridgehead atoms. The molecule has 0 unspecified atom stereocenters. The van der Waals surface area contributed by atoms with Crippen LogP contribution in [0.2, 0.25) is 0 Å². The van der Waals surface area contributed by atoms with E-state index in [2.05, 4.69) is 10.3 Å². The zero-order valence-corrected chi connectivity index (χ0v) is 14.1. The SMILES string of the molecule is Cc1ncc2ccc(C(=O)Nc3cccc(N4C(=O)CCC4=O)c3)cn12. The van der Waals surface area contributed by atoms with Crippen LogP contribution in [0.1, 0.15) is 29.0 Å². The zero-order valence-electron chi connectivity index (χ0n) is 14.1. The van der Waals surface area contributed by atoms with Gasteiger partial charge in [-0.1, -0.05) is 6.07 Å². The number of pyridine rings is 1. The van der Waals surface area contributed by atoms with Crippen LogP contribution in [-0.2, 0) is 9.59 Å². The third-order valence-electron chi connectivity index (χ3n) is 4.39. The summed E-state index contributed by atoms with van der Waals surface area (Å²) in [7, 11) is 0. The van der Waals surface area contributed by atoms with Crippen LogP contribution < -0.4 is 10.2 Å². The van der Waals surface area contributed by atoms with Crippen molar-refractivity contribution in [1.82, 2.24) is 9.38 Å². The van der Waals surface area contributed by atoms with Crippen molar-refractivity contribution in [1.29, 1.82) is 0 Å². The van der Waals surface area contributed by atoms with E-state index < -0.39 is 0 Å². The Morgan fingerprint density at radius 3 is 2.65 bits per heavy atom. The number of anilines is 2. The van der Waals surface area contributed by atoms with Crippen molar-refractivity contribution >= 4 is 34.6 Å². The number of hydrogen-bond acceptors (Lipinski definition) is 4. The molecule has 7 heteroatoms. The summed E-state index contributed by atoms with van der Waals surface area (Å²) in [4.78, 5) is 41.7. The molecule has 0 spiro atoms. The molecule has 3 amide bonds. The number of amides is 3. The molecule has 1 saturated heterocycles. The van der Waals surface area contributed by atoms with E-state index in [9.17, 15) is 14.4 Å². The lowest BCUT2D eigenvalue weighted by Crippen LogP contribution is -2.28. The summed E-state index contributed by atoms with van der Waals surface area (Å²) in [6.45, 7) is 1.86. The first-order valence-corrected chi connectivity index (χ1v) is 8.24. The number of imidazole rings is 1. The predicted octanol–water partition coefficient (Wildman–Crippen LogP) is 2.55. The van der Waals surface area contributed by atoms with Crippen LogP contribution in [0.25, 0.3) is 5.52 Å². The van der Waals surface area contributed by atoms with E-state index in [0.29, 0.717) is 16.9 Å². The average Bonchev–Trinajstić information content (AvgIpc) is 3.17. The van der Waals surface area contributed by atoms with Crippen LogP contribution >= 0.6 is 0 Å². The minimum atomic E-state index is -0.281. The Morgan fingerprint density at radius 2 is 1.88 bits per heavy atom. The monoisotopic (exact) mass is 348 g/mol. The van der Waals surface area contributed by atoms with Crippen molar-refractivity contribution in [2.75, 3.05) is 10.2 Å². The molecule has 1 fully saturated rings. The van der Waals surface area contributed by atoms with Gasteiger partial charge in [0, 0.05) is 24.7 Å². The summed E-state index contributed by atoms with van der Waals surface area (Å²) in [5.74, 6) is 0.0675. The molecule has 26 heavy (non-hydrogen) atoms. The third kappa shape index (κ3) is 2.73. The number of nitrogens with one attached hydrogen (secondary N) is 1. The van der Waals surface area contributed by atoms with E-state index in [1.165, 1.54) is 0 Å². The number of benzene rings is 1. The van der Waals surface area contributed by atoms with Crippen molar-refractivity contribution in [2.45, 2.75) is 19.8 Å². The fourth-order valence-electron chi connectivity index (χ4n) is 3.04. The van der Waals surface area contributed by atoms with Crippen LogP contribution in [0.15, 0.2) is 48.8 Å². The standard InChI is InChI=1S/C19H16N4O3/c1-12-20-10-16-6-5-13(11-22(12)16)19(26)21-14-3-2-4-15(9-14)23-17(24)7-8-18(23)25/h2-6,9-11H,7-8H2,1H3,(H,21,26). The fourth-order valence-corrected chi connectivity index (χ4v) is 3.04. The Kier molecular flexibility index (Phi) is 3.76. The molecule has 7 nitrogen and oxygen atoms in total.